The van der Waals surface area contributed by atoms with E-state index in [1.165, 1.54) is 56.4 Å². The molecule has 0 radical (unpaired) electrons. The number of hydrogen-bond acceptors (Lipinski definition) is 3. The van der Waals surface area contributed by atoms with Crippen molar-refractivity contribution in [3.8, 4) is 0 Å². The second kappa shape index (κ2) is 7.20. The van der Waals surface area contributed by atoms with Crippen molar-refractivity contribution in [2.45, 2.75) is 49.2 Å². The van der Waals surface area contributed by atoms with Gasteiger partial charge in [0.1, 0.15) is 0 Å². The van der Waals surface area contributed by atoms with Gasteiger partial charge >= 0.3 is 5.76 Å². The normalized spacial score (nSPS) is 17.1. The van der Waals surface area contributed by atoms with Crippen LogP contribution in [0.25, 0.3) is 0 Å². The molecule has 0 spiro atoms. The van der Waals surface area contributed by atoms with Crippen molar-refractivity contribution in [2.75, 3.05) is 11.9 Å². The summed E-state index contributed by atoms with van der Waals surface area (Å²) in [6, 6.07) is 5.53. The average Bonchev–Trinajstić information content (AvgIpc) is 2.49. The van der Waals surface area contributed by atoms with Crippen LogP contribution in [0.3, 0.4) is 0 Å². The predicted octanol–water partition coefficient (Wildman–Crippen LogP) is 4.07. The first kappa shape index (κ1) is 16.2. The van der Waals surface area contributed by atoms with Gasteiger partial charge in [0.15, 0.2) is 0 Å². The molecule has 118 valence electrons. The van der Waals surface area contributed by atoms with E-state index in [1.807, 2.05) is 0 Å². The summed E-state index contributed by atoms with van der Waals surface area (Å²) in [6.45, 7) is 0.825. The summed E-state index contributed by atoms with van der Waals surface area (Å²) in [5.74, 6) is -2.60. The van der Waals surface area contributed by atoms with Crippen LogP contribution in [0.2, 0.25) is 0 Å². The van der Waals surface area contributed by atoms with Gasteiger partial charge in [-0.05, 0) is 36.6 Å². The van der Waals surface area contributed by atoms with Crippen LogP contribution in [0.4, 0.5) is 14.5 Å². The summed E-state index contributed by atoms with van der Waals surface area (Å²) in [7, 11) is -4.49. The topological polar surface area (TPSA) is 46.2 Å². The van der Waals surface area contributed by atoms with Gasteiger partial charge in [0, 0.05) is 12.2 Å². The zero-order valence-electron chi connectivity index (χ0n) is 11.9. The van der Waals surface area contributed by atoms with Gasteiger partial charge in [-0.2, -0.15) is 8.78 Å². The minimum Gasteiger partial charge on any atom is -0.385 e. The van der Waals surface area contributed by atoms with E-state index in [2.05, 4.69) is 5.32 Å². The standard InChI is InChI=1S/C15H21F2NO2S/c16-15(17)21(19,20)14-8-6-13(7-9-14)18-11-10-12-4-2-1-3-5-12/h6-9,12,15,18H,1-5,10-11H2. The maximum Gasteiger partial charge on any atom is 0.341 e. The maximum atomic E-state index is 12.4. The van der Waals surface area contributed by atoms with Crippen LogP contribution in [0, 0.1) is 5.92 Å². The Labute approximate surface area is 124 Å². The van der Waals surface area contributed by atoms with E-state index in [0.29, 0.717) is 0 Å². The molecule has 6 heteroatoms. The third-order valence-electron chi connectivity index (χ3n) is 4.02. The molecular formula is C15H21F2NO2S. The molecule has 0 amide bonds. The lowest BCUT2D eigenvalue weighted by atomic mass is 9.87. The molecule has 1 aromatic carbocycles. The Morgan fingerprint density at radius 3 is 2.29 bits per heavy atom. The summed E-state index contributed by atoms with van der Waals surface area (Å²) in [4.78, 5) is -0.338. The van der Waals surface area contributed by atoms with Crippen LogP contribution in [-0.4, -0.2) is 20.7 Å². The monoisotopic (exact) mass is 317 g/mol. The average molecular weight is 317 g/mol. The third-order valence-corrected chi connectivity index (χ3v) is 5.42. The summed E-state index contributed by atoms with van der Waals surface area (Å²) in [5, 5.41) is 3.22. The lowest BCUT2D eigenvalue weighted by molar-refractivity contribution is 0.234. The van der Waals surface area contributed by atoms with E-state index in [9.17, 15) is 17.2 Å². The van der Waals surface area contributed by atoms with Gasteiger partial charge in [0.25, 0.3) is 0 Å². The highest BCUT2D eigenvalue weighted by atomic mass is 32.2. The molecule has 21 heavy (non-hydrogen) atoms. The van der Waals surface area contributed by atoms with Crippen molar-refractivity contribution in [1.82, 2.24) is 0 Å². The van der Waals surface area contributed by atoms with E-state index in [-0.39, 0.29) is 4.90 Å². The Kier molecular flexibility index (Phi) is 5.56. The van der Waals surface area contributed by atoms with Crippen molar-refractivity contribution in [2.24, 2.45) is 5.92 Å². The number of anilines is 1. The van der Waals surface area contributed by atoms with Gasteiger partial charge in [-0.3, -0.25) is 0 Å². The number of hydrogen-bond donors (Lipinski definition) is 1. The molecule has 1 fully saturated rings. The van der Waals surface area contributed by atoms with Crippen molar-refractivity contribution < 1.29 is 17.2 Å². The van der Waals surface area contributed by atoms with Crippen LogP contribution in [0.5, 0.6) is 0 Å². The Hall–Kier alpha value is -1.17. The smallest absolute Gasteiger partial charge is 0.341 e. The Balaban J connectivity index is 1.85. The first-order valence-corrected chi connectivity index (χ1v) is 8.91. The van der Waals surface area contributed by atoms with Gasteiger partial charge in [-0.15, -0.1) is 0 Å². The molecule has 1 N–H and O–H groups in total. The van der Waals surface area contributed by atoms with Crippen LogP contribution in [0.15, 0.2) is 29.2 Å². The molecule has 0 saturated heterocycles. The summed E-state index contributed by atoms with van der Waals surface area (Å²) < 4.78 is 47.4. The van der Waals surface area contributed by atoms with Crippen molar-refractivity contribution >= 4 is 15.5 Å². The van der Waals surface area contributed by atoms with Gasteiger partial charge < -0.3 is 5.32 Å². The first-order chi connectivity index (χ1) is 10.00. The number of alkyl halides is 2. The Morgan fingerprint density at radius 2 is 1.71 bits per heavy atom. The summed E-state index contributed by atoms with van der Waals surface area (Å²) in [6.07, 6.45) is 7.62. The van der Waals surface area contributed by atoms with Crippen molar-refractivity contribution in [3.63, 3.8) is 0 Å². The summed E-state index contributed by atoms with van der Waals surface area (Å²) in [5.41, 5.74) is 0.763. The number of halogens is 2. The second-order valence-corrected chi connectivity index (χ2v) is 7.47. The Morgan fingerprint density at radius 1 is 1.10 bits per heavy atom. The van der Waals surface area contributed by atoms with Crippen LogP contribution < -0.4 is 5.32 Å². The lowest BCUT2D eigenvalue weighted by Gasteiger charge is -2.21. The molecule has 0 unspecified atom stereocenters. The van der Waals surface area contributed by atoms with E-state index in [0.717, 1.165) is 24.6 Å². The van der Waals surface area contributed by atoms with Gasteiger partial charge in [-0.25, -0.2) is 8.42 Å². The fourth-order valence-corrected chi connectivity index (χ4v) is 3.48. The van der Waals surface area contributed by atoms with Crippen molar-refractivity contribution in [1.29, 1.82) is 0 Å². The largest absolute Gasteiger partial charge is 0.385 e. The molecule has 1 saturated carbocycles. The molecular weight excluding hydrogens is 296 g/mol. The van der Waals surface area contributed by atoms with Crippen LogP contribution >= 0.6 is 0 Å². The number of benzene rings is 1. The number of sulfone groups is 1. The fourth-order valence-electron chi connectivity index (χ4n) is 2.76. The Bertz CT molecular complexity index is 537. The molecule has 0 bridgehead atoms. The highest BCUT2D eigenvalue weighted by molar-refractivity contribution is 7.91. The highest BCUT2D eigenvalue weighted by Crippen LogP contribution is 2.26. The molecule has 0 aliphatic heterocycles. The third kappa shape index (κ3) is 4.40. The van der Waals surface area contributed by atoms with Gasteiger partial charge in [0.05, 0.1) is 4.90 Å². The molecule has 0 aromatic heterocycles. The summed E-state index contributed by atoms with van der Waals surface area (Å²) >= 11 is 0. The molecule has 3 nitrogen and oxygen atoms in total. The SMILES string of the molecule is O=S(=O)(c1ccc(NCCC2CCCCC2)cc1)C(F)F. The van der Waals surface area contributed by atoms with Crippen LogP contribution in [-0.2, 0) is 9.84 Å². The van der Waals surface area contributed by atoms with Gasteiger partial charge in [0.2, 0.25) is 9.84 Å². The maximum absolute atomic E-state index is 12.4. The van der Waals surface area contributed by atoms with E-state index >= 15 is 0 Å². The van der Waals surface area contributed by atoms with E-state index in [4.69, 9.17) is 0 Å². The fraction of sp³-hybridized carbons (Fsp3) is 0.600. The first-order valence-electron chi connectivity index (χ1n) is 7.36. The zero-order chi connectivity index (χ0) is 15.3. The lowest BCUT2D eigenvalue weighted by Crippen LogP contribution is -2.13. The number of nitrogens with one attached hydrogen (secondary N) is 1. The molecule has 1 aromatic rings. The van der Waals surface area contributed by atoms with Crippen molar-refractivity contribution in [3.05, 3.63) is 24.3 Å². The molecule has 0 atom stereocenters. The molecule has 1 aliphatic carbocycles. The minimum absolute atomic E-state index is 0.338. The van der Waals surface area contributed by atoms with Gasteiger partial charge in [-0.1, -0.05) is 32.1 Å². The highest BCUT2D eigenvalue weighted by Gasteiger charge is 2.26. The van der Waals surface area contributed by atoms with Crippen LogP contribution in [0.1, 0.15) is 38.5 Å². The van der Waals surface area contributed by atoms with E-state index < -0.39 is 15.6 Å². The van der Waals surface area contributed by atoms with E-state index in [1.54, 1.807) is 0 Å². The predicted molar refractivity (Wildman–Crippen MR) is 79.3 cm³/mol. The molecule has 2 rings (SSSR count). The quantitative estimate of drug-likeness (QED) is 0.860. The molecule has 1 aliphatic rings. The molecule has 0 heterocycles. The second-order valence-electron chi connectivity index (χ2n) is 5.55. The zero-order valence-corrected chi connectivity index (χ0v) is 12.7. The minimum atomic E-state index is -4.49. The number of rotatable bonds is 6.